The van der Waals surface area contributed by atoms with Crippen LogP contribution in [0, 0.1) is 0 Å². The monoisotopic (exact) mass is 431 g/mol. The van der Waals surface area contributed by atoms with Gasteiger partial charge >= 0.3 is 0 Å². The van der Waals surface area contributed by atoms with Crippen molar-refractivity contribution in [1.29, 1.82) is 0 Å². The molecule has 0 spiro atoms. The molecule has 2 aromatic carbocycles. The van der Waals surface area contributed by atoms with Crippen LogP contribution in [0.2, 0.25) is 0 Å². The molecule has 1 aliphatic rings. The summed E-state index contributed by atoms with van der Waals surface area (Å²) >= 11 is 0. The molecule has 2 amide bonds. The molecule has 1 aromatic heterocycles. The minimum Gasteiger partial charge on any atom is -0.495 e. The lowest BCUT2D eigenvalue weighted by molar-refractivity contribution is -0.117. The topological polar surface area (TPSA) is 80.8 Å². The highest BCUT2D eigenvalue weighted by atomic mass is 16.5. The summed E-state index contributed by atoms with van der Waals surface area (Å²) in [5.74, 6) is 0.784. The van der Waals surface area contributed by atoms with Crippen LogP contribution in [0.1, 0.15) is 41.8 Å². The van der Waals surface area contributed by atoms with E-state index in [0.29, 0.717) is 41.5 Å². The molecule has 7 heteroatoms. The highest BCUT2D eigenvalue weighted by molar-refractivity contribution is 6.05. The van der Waals surface area contributed by atoms with Gasteiger partial charge in [0, 0.05) is 30.9 Å². The fourth-order valence-corrected chi connectivity index (χ4v) is 3.64. The molecular weight excluding hydrogens is 406 g/mol. The highest BCUT2D eigenvalue weighted by Crippen LogP contribution is 2.34. The number of pyridine rings is 1. The molecule has 0 unspecified atom stereocenters. The molecule has 0 bridgehead atoms. The van der Waals surface area contributed by atoms with Crippen LogP contribution >= 0.6 is 0 Å². The molecule has 1 fully saturated rings. The Kier molecular flexibility index (Phi) is 6.35. The van der Waals surface area contributed by atoms with E-state index in [-0.39, 0.29) is 17.9 Å². The van der Waals surface area contributed by atoms with Gasteiger partial charge in [0.05, 0.1) is 18.4 Å². The van der Waals surface area contributed by atoms with E-state index in [1.54, 1.807) is 42.3 Å². The van der Waals surface area contributed by atoms with Gasteiger partial charge in [-0.2, -0.15) is 0 Å². The van der Waals surface area contributed by atoms with Gasteiger partial charge in [-0.25, -0.2) is 4.98 Å². The summed E-state index contributed by atoms with van der Waals surface area (Å²) in [7, 11) is 1.56. The van der Waals surface area contributed by atoms with Crippen molar-refractivity contribution in [2.75, 3.05) is 23.9 Å². The van der Waals surface area contributed by atoms with E-state index < -0.39 is 0 Å². The third-order valence-electron chi connectivity index (χ3n) is 5.37. The Balaban J connectivity index is 1.44. The number of carbonyl (C=O) groups excluding carboxylic acids is 2. The number of anilines is 2. The van der Waals surface area contributed by atoms with E-state index in [4.69, 9.17) is 9.47 Å². The van der Waals surface area contributed by atoms with Crippen molar-refractivity contribution < 1.29 is 19.1 Å². The molecular formula is C25H25N3O4. The standard InChI is InChI=1S/C25H25N3O4/c1-17(18-7-4-3-5-8-18)32-23-13-10-19(16-26-23)25(30)27-20-11-12-22(31-2)21(15-20)28-14-6-9-24(28)29/h3-5,7-8,10-13,15-17H,6,9,14H2,1-2H3,(H,27,30)/t17-/m0/s1. The first kappa shape index (κ1) is 21.4. The third-order valence-corrected chi connectivity index (χ3v) is 5.37. The number of carbonyl (C=O) groups is 2. The zero-order chi connectivity index (χ0) is 22.5. The van der Waals surface area contributed by atoms with Crippen molar-refractivity contribution in [3.8, 4) is 11.6 Å². The molecule has 1 atom stereocenters. The van der Waals surface area contributed by atoms with Gasteiger partial charge in [0.1, 0.15) is 11.9 Å². The van der Waals surface area contributed by atoms with Gasteiger partial charge < -0.3 is 19.7 Å². The molecule has 0 aliphatic carbocycles. The summed E-state index contributed by atoms with van der Waals surface area (Å²) < 4.78 is 11.3. The molecule has 0 saturated carbocycles. The van der Waals surface area contributed by atoms with E-state index in [9.17, 15) is 9.59 Å². The molecule has 1 saturated heterocycles. The van der Waals surface area contributed by atoms with E-state index in [1.807, 2.05) is 37.3 Å². The van der Waals surface area contributed by atoms with Gasteiger partial charge in [0.2, 0.25) is 11.8 Å². The molecule has 3 aromatic rings. The number of hydrogen-bond donors (Lipinski definition) is 1. The number of nitrogens with one attached hydrogen (secondary N) is 1. The van der Waals surface area contributed by atoms with Crippen LogP contribution < -0.4 is 19.7 Å². The first-order valence-corrected chi connectivity index (χ1v) is 10.5. The number of nitrogens with zero attached hydrogens (tertiary/aromatic N) is 2. The third kappa shape index (κ3) is 4.72. The van der Waals surface area contributed by atoms with Crippen LogP contribution in [0.25, 0.3) is 0 Å². The molecule has 32 heavy (non-hydrogen) atoms. The van der Waals surface area contributed by atoms with Gasteiger partial charge in [-0.15, -0.1) is 0 Å². The summed E-state index contributed by atoms with van der Waals surface area (Å²) in [6.07, 6.45) is 2.65. The summed E-state index contributed by atoms with van der Waals surface area (Å²) in [6.45, 7) is 2.59. The minimum atomic E-state index is -0.302. The lowest BCUT2D eigenvalue weighted by Gasteiger charge is -2.20. The normalized spacial score (nSPS) is 14.2. The van der Waals surface area contributed by atoms with Gasteiger partial charge in [-0.3, -0.25) is 9.59 Å². The average molecular weight is 431 g/mol. The Morgan fingerprint density at radius 2 is 1.94 bits per heavy atom. The van der Waals surface area contributed by atoms with Crippen molar-refractivity contribution in [3.05, 3.63) is 78.0 Å². The summed E-state index contributed by atoms with van der Waals surface area (Å²) in [5, 5.41) is 2.86. The van der Waals surface area contributed by atoms with Gasteiger partial charge in [0.25, 0.3) is 5.91 Å². The van der Waals surface area contributed by atoms with Crippen LogP contribution in [-0.2, 0) is 4.79 Å². The smallest absolute Gasteiger partial charge is 0.257 e. The number of benzene rings is 2. The van der Waals surface area contributed by atoms with E-state index >= 15 is 0 Å². The van der Waals surface area contributed by atoms with E-state index in [1.165, 1.54) is 6.20 Å². The van der Waals surface area contributed by atoms with Crippen LogP contribution in [0.5, 0.6) is 11.6 Å². The Morgan fingerprint density at radius 3 is 2.59 bits per heavy atom. The number of amides is 2. The Hall–Kier alpha value is -3.87. The quantitative estimate of drug-likeness (QED) is 0.591. The second-order valence-electron chi connectivity index (χ2n) is 7.55. The number of aromatic nitrogens is 1. The molecule has 1 aliphatic heterocycles. The number of methoxy groups -OCH3 is 1. The Bertz CT molecular complexity index is 1100. The second-order valence-corrected chi connectivity index (χ2v) is 7.55. The van der Waals surface area contributed by atoms with Crippen LogP contribution in [-0.4, -0.2) is 30.5 Å². The lowest BCUT2D eigenvalue weighted by atomic mass is 10.1. The predicted octanol–water partition coefficient (Wildman–Crippen LogP) is 4.61. The van der Waals surface area contributed by atoms with Crippen molar-refractivity contribution in [2.45, 2.75) is 25.9 Å². The average Bonchev–Trinajstić information content (AvgIpc) is 3.25. The van der Waals surface area contributed by atoms with Gasteiger partial charge in [0.15, 0.2) is 0 Å². The fourth-order valence-electron chi connectivity index (χ4n) is 3.64. The SMILES string of the molecule is COc1ccc(NC(=O)c2ccc(O[C@@H](C)c3ccccc3)nc2)cc1N1CCCC1=O. The molecule has 2 heterocycles. The van der Waals surface area contributed by atoms with Crippen LogP contribution in [0.3, 0.4) is 0 Å². The van der Waals surface area contributed by atoms with E-state index in [2.05, 4.69) is 10.3 Å². The van der Waals surface area contributed by atoms with Crippen molar-refractivity contribution in [1.82, 2.24) is 4.98 Å². The summed E-state index contributed by atoms with van der Waals surface area (Å²) in [5.41, 5.74) is 2.68. The molecule has 0 radical (unpaired) electrons. The molecule has 1 N–H and O–H groups in total. The maximum Gasteiger partial charge on any atom is 0.257 e. The maximum atomic E-state index is 12.7. The van der Waals surface area contributed by atoms with Gasteiger partial charge in [-0.05, 0) is 43.2 Å². The largest absolute Gasteiger partial charge is 0.495 e. The fraction of sp³-hybridized carbons (Fsp3) is 0.240. The maximum absolute atomic E-state index is 12.7. The number of ether oxygens (including phenoxy) is 2. The zero-order valence-electron chi connectivity index (χ0n) is 18.1. The minimum absolute atomic E-state index is 0.0521. The second kappa shape index (κ2) is 9.51. The number of rotatable bonds is 7. The van der Waals surface area contributed by atoms with Crippen molar-refractivity contribution >= 4 is 23.2 Å². The predicted molar refractivity (Wildman–Crippen MR) is 122 cm³/mol. The van der Waals surface area contributed by atoms with Crippen molar-refractivity contribution in [3.63, 3.8) is 0 Å². The Morgan fingerprint density at radius 1 is 1.12 bits per heavy atom. The molecule has 4 rings (SSSR count). The highest BCUT2D eigenvalue weighted by Gasteiger charge is 2.25. The van der Waals surface area contributed by atoms with Crippen LogP contribution in [0.4, 0.5) is 11.4 Å². The first-order valence-electron chi connectivity index (χ1n) is 10.5. The Labute approximate surface area is 187 Å². The van der Waals surface area contributed by atoms with Gasteiger partial charge in [-0.1, -0.05) is 30.3 Å². The lowest BCUT2D eigenvalue weighted by Crippen LogP contribution is -2.24. The first-order chi connectivity index (χ1) is 15.5. The molecule has 164 valence electrons. The summed E-state index contributed by atoms with van der Waals surface area (Å²) in [4.78, 5) is 30.8. The van der Waals surface area contributed by atoms with Crippen molar-refractivity contribution in [2.24, 2.45) is 0 Å². The van der Waals surface area contributed by atoms with E-state index in [0.717, 1.165) is 12.0 Å². The summed E-state index contributed by atoms with van der Waals surface area (Å²) in [6, 6.07) is 18.4. The number of hydrogen-bond acceptors (Lipinski definition) is 5. The zero-order valence-corrected chi connectivity index (χ0v) is 18.1. The molecule has 7 nitrogen and oxygen atoms in total. The van der Waals surface area contributed by atoms with Crippen LogP contribution in [0.15, 0.2) is 66.9 Å².